The highest BCUT2D eigenvalue weighted by Crippen LogP contribution is 2.25. The highest BCUT2D eigenvalue weighted by atomic mass is 16.6. The molecule has 0 aliphatic heterocycles. The van der Waals surface area contributed by atoms with Crippen LogP contribution in [0.1, 0.15) is 26.3 Å². The lowest BCUT2D eigenvalue weighted by molar-refractivity contribution is 0.215. The van der Waals surface area contributed by atoms with Crippen molar-refractivity contribution in [3.63, 3.8) is 0 Å². The van der Waals surface area contributed by atoms with E-state index < -0.39 is 6.09 Å². The number of amides is 1. The molecule has 0 aliphatic carbocycles. The second-order valence-electron chi connectivity index (χ2n) is 5.66. The number of anilines is 1. The van der Waals surface area contributed by atoms with Gasteiger partial charge in [0.1, 0.15) is 5.75 Å². The van der Waals surface area contributed by atoms with Crippen molar-refractivity contribution in [2.24, 2.45) is 0 Å². The van der Waals surface area contributed by atoms with Gasteiger partial charge in [0.15, 0.2) is 0 Å². The average molecular weight is 269 g/mol. The van der Waals surface area contributed by atoms with E-state index in [9.17, 15) is 4.79 Å². The maximum absolute atomic E-state index is 11.8. The molecule has 2 rings (SSSR count). The smallest absolute Gasteiger partial charge is 0.410 e. The van der Waals surface area contributed by atoms with Gasteiger partial charge in [-0.2, -0.15) is 0 Å². The van der Waals surface area contributed by atoms with Crippen LogP contribution < -0.4 is 10.1 Å². The number of ether oxygens (including phenoxy) is 1. The molecular weight excluding hydrogens is 250 g/mol. The van der Waals surface area contributed by atoms with Crippen LogP contribution in [0, 0.1) is 0 Å². The summed E-state index contributed by atoms with van der Waals surface area (Å²) in [7, 11) is 0. The van der Waals surface area contributed by atoms with Gasteiger partial charge in [0, 0.05) is 5.69 Å². The summed E-state index contributed by atoms with van der Waals surface area (Å²) < 4.78 is 5.30. The van der Waals surface area contributed by atoms with Crippen molar-refractivity contribution in [2.45, 2.75) is 26.2 Å². The van der Waals surface area contributed by atoms with Crippen LogP contribution in [0.5, 0.6) is 5.75 Å². The molecule has 0 radical (unpaired) electrons. The van der Waals surface area contributed by atoms with Crippen molar-refractivity contribution in [2.75, 3.05) is 5.32 Å². The second-order valence-corrected chi connectivity index (χ2v) is 5.66. The number of carbonyl (C=O) groups is 1. The molecule has 2 aromatic rings. The van der Waals surface area contributed by atoms with Crippen molar-refractivity contribution in [3.8, 4) is 5.75 Å². The van der Waals surface area contributed by atoms with E-state index in [1.165, 1.54) is 0 Å². The van der Waals surface area contributed by atoms with Crippen LogP contribution in [0.2, 0.25) is 0 Å². The molecular formula is C17H19NO2. The van der Waals surface area contributed by atoms with Crippen LogP contribution in [0.15, 0.2) is 54.6 Å². The van der Waals surface area contributed by atoms with Gasteiger partial charge >= 0.3 is 6.09 Å². The first-order chi connectivity index (χ1) is 9.45. The first kappa shape index (κ1) is 14.1. The fraction of sp³-hybridized carbons (Fsp3) is 0.235. The van der Waals surface area contributed by atoms with Crippen LogP contribution in [0.4, 0.5) is 10.5 Å². The molecule has 0 spiro atoms. The van der Waals surface area contributed by atoms with Gasteiger partial charge in [-0.05, 0) is 35.2 Å². The molecule has 0 unspecified atom stereocenters. The van der Waals surface area contributed by atoms with E-state index in [1.54, 1.807) is 6.07 Å². The molecule has 0 fully saturated rings. The third-order valence-corrected chi connectivity index (χ3v) is 2.93. The number of benzene rings is 2. The zero-order valence-electron chi connectivity index (χ0n) is 12.0. The highest BCUT2D eigenvalue weighted by Gasteiger charge is 2.14. The minimum atomic E-state index is -0.484. The Bertz CT molecular complexity index is 585. The zero-order valence-corrected chi connectivity index (χ0v) is 12.0. The SMILES string of the molecule is CC(C)(C)c1cccc(OC(=O)Nc2ccccc2)c1. The summed E-state index contributed by atoms with van der Waals surface area (Å²) in [4.78, 5) is 11.8. The monoisotopic (exact) mass is 269 g/mol. The van der Waals surface area contributed by atoms with Crippen molar-refractivity contribution in [1.29, 1.82) is 0 Å². The van der Waals surface area contributed by atoms with Crippen molar-refractivity contribution in [3.05, 3.63) is 60.2 Å². The fourth-order valence-electron chi connectivity index (χ4n) is 1.80. The summed E-state index contributed by atoms with van der Waals surface area (Å²) in [5.41, 5.74) is 1.86. The minimum Gasteiger partial charge on any atom is -0.410 e. The Labute approximate surface area is 119 Å². The Hall–Kier alpha value is -2.29. The predicted octanol–water partition coefficient (Wildman–Crippen LogP) is 4.60. The topological polar surface area (TPSA) is 38.3 Å². The first-order valence-electron chi connectivity index (χ1n) is 6.59. The summed E-state index contributed by atoms with van der Waals surface area (Å²) in [5, 5.41) is 2.69. The Morgan fingerprint density at radius 1 is 1.00 bits per heavy atom. The van der Waals surface area contributed by atoms with Crippen LogP contribution in [-0.4, -0.2) is 6.09 Å². The number of hydrogen-bond acceptors (Lipinski definition) is 2. The van der Waals surface area contributed by atoms with Crippen molar-refractivity contribution < 1.29 is 9.53 Å². The van der Waals surface area contributed by atoms with Gasteiger partial charge in [-0.1, -0.05) is 51.1 Å². The van der Waals surface area contributed by atoms with Gasteiger partial charge in [0.2, 0.25) is 0 Å². The Morgan fingerprint density at radius 2 is 1.70 bits per heavy atom. The number of rotatable bonds is 2. The lowest BCUT2D eigenvalue weighted by Crippen LogP contribution is -2.17. The first-order valence-corrected chi connectivity index (χ1v) is 6.59. The molecule has 0 saturated heterocycles. The van der Waals surface area contributed by atoms with E-state index in [-0.39, 0.29) is 5.41 Å². The summed E-state index contributed by atoms with van der Waals surface area (Å²) in [6.07, 6.45) is -0.484. The maximum atomic E-state index is 11.8. The van der Waals surface area contributed by atoms with Crippen LogP contribution >= 0.6 is 0 Å². The molecule has 1 amide bonds. The predicted molar refractivity (Wildman–Crippen MR) is 81.2 cm³/mol. The van der Waals surface area contributed by atoms with E-state index in [1.807, 2.05) is 48.5 Å². The maximum Gasteiger partial charge on any atom is 0.417 e. The van der Waals surface area contributed by atoms with Gasteiger partial charge in [-0.15, -0.1) is 0 Å². The summed E-state index contributed by atoms with van der Waals surface area (Å²) in [6.45, 7) is 6.36. The molecule has 104 valence electrons. The standard InChI is InChI=1S/C17H19NO2/c1-17(2,3)13-8-7-11-15(12-13)20-16(19)18-14-9-5-4-6-10-14/h4-12H,1-3H3,(H,18,19). The van der Waals surface area contributed by atoms with Gasteiger partial charge in [0.25, 0.3) is 0 Å². The zero-order chi connectivity index (χ0) is 14.6. The van der Waals surface area contributed by atoms with E-state index in [0.717, 1.165) is 5.56 Å². The largest absolute Gasteiger partial charge is 0.417 e. The number of para-hydroxylation sites is 1. The third kappa shape index (κ3) is 3.85. The molecule has 0 bridgehead atoms. The molecule has 0 heterocycles. The average Bonchev–Trinajstić information content (AvgIpc) is 2.39. The van der Waals surface area contributed by atoms with Crippen LogP contribution in [0.25, 0.3) is 0 Å². The van der Waals surface area contributed by atoms with E-state index in [4.69, 9.17) is 4.74 Å². The van der Waals surface area contributed by atoms with Gasteiger partial charge in [0.05, 0.1) is 0 Å². The number of hydrogen-bond donors (Lipinski definition) is 1. The fourth-order valence-corrected chi connectivity index (χ4v) is 1.80. The van der Waals surface area contributed by atoms with Crippen molar-refractivity contribution in [1.82, 2.24) is 0 Å². The van der Waals surface area contributed by atoms with E-state index in [2.05, 4.69) is 26.1 Å². The van der Waals surface area contributed by atoms with Crippen molar-refractivity contribution >= 4 is 11.8 Å². The van der Waals surface area contributed by atoms with E-state index >= 15 is 0 Å². The molecule has 0 aliphatic rings. The summed E-state index contributed by atoms with van der Waals surface area (Å²) in [5.74, 6) is 0.547. The Morgan fingerprint density at radius 3 is 2.35 bits per heavy atom. The van der Waals surface area contributed by atoms with Gasteiger partial charge in [-0.3, -0.25) is 5.32 Å². The van der Waals surface area contributed by atoms with Gasteiger partial charge < -0.3 is 4.74 Å². The Balaban J connectivity index is 2.05. The third-order valence-electron chi connectivity index (χ3n) is 2.93. The normalized spacial score (nSPS) is 10.9. The molecule has 2 aromatic carbocycles. The van der Waals surface area contributed by atoms with Gasteiger partial charge in [-0.25, -0.2) is 4.79 Å². The van der Waals surface area contributed by atoms with Crippen LogP contribution in [-0.2, 0) is 5.41 Å². The highest BCUT2D eigenvalue weighted by molar-refractivity contribution is 5.86. The molecule has 0 atom stereocenters. The second kappa shape index (κ2) is 5.78. The molecule has 1 N–H and O–H groups in total. The minimum absolute atomic E-state index is 0.0231. The molecule has 3 nitrogen and oxygen atoms in total. The molecule has 20 heavy (non-hydrogen) atoms. The lowest BCUT2D eigenvalue weighted by Gasteiger charge is -2.19. The summed E-state index contributed by atoms with van der Waals surface area (Å²) in [6, 6.07) is 16.8. The molecule has 3 heteroatoms. The number of carbonyl (C=O) groups excluding carboxylic acids is 1. The molecule has 0 aromatic heterocycles. The Kier molecular flexibility index (Phi) is 4.08. The summed E-state index contributed by atoms with van der Waals surface area (Å²) >= 11 is 0. The number of nitrogens with one attached hydrogen (secondary N) is 1. The molecule has 0 saturated carbocycles. The van der Waals surface area contributed by atoms with Crippen LogP contribution in [0.3, 0.4) is 0 Å². The quantitative estimate of drug-likeness (QED) is 0.865. The lowest BCUT2D eigenvalue weighted by atomic mass is 9.87. The van der Waals surface area contributed by atoms with E-state index in [0.29, 0.717) is 11.4 Å².